The van der Waals surface area contributed by atoms with Gasteiger partial charge in [0.1, 0.15) is 11.2 Å². The number of piperidine rings is 1. The maximum absolute atomic E-state index is 14.1. The van der Waals surface area contributed by atoms with Crippen molar-refractivity contribution in [3.63, 3.8) is 0 Å². The standard InChI is InChI=1S/C37H50N2O10.C2H6O.ClHO4/c1-7-38-17-34(18-49-32(42)20-10-8-9-11-23(20)39-26(40)14-19(2)31(39)41)13-12-25(46-4)36-22-15-21-24(45-3)16-35(43,27(22)28(21)47-5)37(44,33(36)38)30(48-6)29(34)36;1-2-3;2-1(3,4)5/h8-11,19,21-22,24-25,27-30,33,43-44H,7,12-18H2,1-6H3;3H,2H2,1H3;(H,2,3,4,5)/t19-,21+,22+,24-,25-,27+,28-,29?,30-,33-,34+,35+,36+,37-;;/m0../s1. The fourth-order valence-electron chi connectivity index (χ4n) is 13.2. The number of carbonyl (C=O) groups excluding carboxylic acids is 3. The lowest BCUT2D eigenvalue weighted by Crippen LogP contribution is -2.82. The van der Waals surface area contributed by atoms with Gasteiger partial charge in [-0.2, -0.15) is 14.0 Å². The molecule has 18 heteroatoms. The number of methoxy groups -OCH3 is 4. The molecule has 7 fully saturated rings. The van der Waals surface area contributed by atoms with Crippen LogP contribution in [-0.2, 0) is 33.3 Å². The number of para-hydroxylation sites is 1. The largest absolute Gasteiger partial charge is 0.461 e. The van der Waals surface area contributed by atoms with E-state index in [9.17, 15) is 24.6 Å². The molecule has 8 rings (SSSR count). The lowest BCUT2D eigenvalue weighted by molar-refractivity contribution is -1.92. The van der Waals surface area contributed by atoms with Crippen LogP contribution in [0.25, 0.3) is 0 Å². The number of likely N-dealkylation sites (tertiary alicyclic amines) is 1. The zero-order valence-electron chi connectivity index (χ0n) is 33.5. The predicted octanol–water partition coefficient (Wildman–Crippen LogP) is -2.09. The zero-order chi connectivity index (χ0) is 42.0. The quantitative estimate of drug-likeness (QED) is 0.154. The molecule has 2 heterocycles. The number of fused-ring (bicyclic) bond motifs is 2. The number of aliphatic hydroxyl groups excluding tert-OH is 1. The molecule has 0 aromatic heterocycles. The van der Waals surface area contributed by atoms with Crippen molar-refractivity contribution in [3.8, 4) is 0 Å². The number of ether oxygens (including phenoxy) is 5. The first-order valence-corrected chi connectivity index (χ1v) is 20.8. The van der Waals surface area contributed by atoms with Gasteiger partial charge in [-0.1, -0.05) is 26.0 Å². The van der Waals surface area contributed by atoms with Gasteiger partial charge in [0.25, 0.3) is 0 Å². The van der Waals surface area contributed by atoms with Gasteiger partial charge in [-0.05, 0) is 50.8 Å². The number of anilines is 1. The lowest BCUT2D eigenvalue weighted by atomic mass is 9.42. The molecule has 4 N–H and O–H groups in total. The van der Waals surface area contributed by atoms with Gasteiger partial charge in [0, 0.05) is 88.9 Å². The Morgan fingerprint density at radius 2 is 1.67 bits per heavy atom. The van der Waals surface area contributed by atoms with Gasteiger partial charge < -0.3 is 39.0 Å². The number of carbonyl (C=O) groups is 3. The summed E-state index contributed by atoms with van der Waals surface area (Å²) in [6.07, 6.45) is 0.813. The molecule has 2 aliphatic heterocycles. The van der Waals surface area contributed by atoms with Crippen molar-refractivity contribution in [1.82, 2.24) is 4.90 Å². The second-order valence-corrected chi connectivity index (χ2v) is 17.5. The molecule has 14 atom stereocenters. The summed E-state index contributed by atoms with van der Waals surface area (Å²) in [6, 6.07) is 6.12. The third-order valence-electron chi connectivity index (χ3n) is 14.5. The van der Waals surface area contributed by atoms with E-state index in [-0.39, 0.29) is 91.1 Å². The van der Waals surface area contributed by atoms with E-state index in [0.29, 0.717) is 25.9 Å². The molecule has 1 aromatic rings. The van der Waals surface area contributed by atoms with Crippen molar-refractivity contribution in [1.29, 1.82) is 0 Å². The third kappa shape index (κ3) is 6.39. The van der Waals surface area contributed by atoms with E-state index in [1.165, 1.54) is 0 Å². The zero-order valence-corrected chi connectivity index (χ0v) is 34.3. The van der Waals surface area contributed by atoms with Crippen LogP contribution in [0.4, 0.5) is 5.69 Å². The van der Waals surface area contributed by atoms with E-state index < -0.39 is 56.3 Å². The van der Waals surface area contributed by atoms with E-state index in [4.69, 9.17) is 47.4 Å². The van der Waals surface area contributed by atoms with E-state index in [0.717, 1.165) is 11.3 Å². The summed E-state index contributed by atoms with van der Waals surface area (Å²) in [6.45, 7) is 6.88. The Kier molecular flexibility index (Phi) is 12.3. The summed E-state index contributed by atoms with van der Waals surface area (Å²) in [5.41, 5.74) is -4.17. The molecule has 5 saturated carbocycles. The third-order valence-corrected chi connectivity index (χ3v) is 14.5. The molecular formula is C39H57ClN2O15. The van der Waals surface area contributed by atoms with Crippen LogP contribution >= 0.6 is 0 Å². The van der Waals surface area contributed by atoms with Gasteiger partial charge in [-0.3, -0.25) is 14.5 Å². The summed E-state index contributed by atoms with van der Waals surface area (Å²) in [7, 11) is 2.01. The van der Waals surface area contributed by atoms with Gasteiger partial charge in [0.2, 0.25) is 11.8 Å². The predicted molar refractivity (Wildman–Crippen MR) is 189 cm³/mol. The van der Waals surface area contributed by atoms with Crippen LogP contribution in [0.15, 0.2) is 24.3 Å². The van der Waals surface area contributed by atoms with Crippen LogP contribution in [0.3, 0.4) is 0 Å². The Hall–Kier alpha value is -2.36. The highest BCUT2D eigenvalue weighted by molar-refractivity contribution is 6.22. The normalized spacial score (nSPS) is 42.6. The number of aliphatic hydroxyl groups is 3. The summed E-state index contributed by atoms with van der Waals surface area (Å²) in [5, 5.41) is 34.2. The van der Waals surface area contributed by atoms with E-state index in [1.54, 1.807) is 66.6 Å². The van der Waals surface area contributed by atoms with Crippen LogP contribution < -0.4 is 18.9 Å². The number of nitrogens with zero attached hydrogens (tertiary/aromatic N) is 2. The van der Waals surface area contributed by atoms with Crippen molar-refractivity contribution in [2.24, 2.45) is 40.4 Å². The van der Waals surface area contributed by atoms with Crippen molar-refractivity contribution in [2.75, 3.05) is 59.6 Å². The number of imide groups is 1. The minimum atomic E-state index is -4.69. The summed E-state index contributed by atoms with van der Waals surface area (Å²) >= 11 is 0. The number of rotatable bonds is 9. The molecule has 7 bridgehead atoms. The molecule has 1 spiro atoms. The number of likely N-dealkylation sites (N-methyl/N-ethyl adjacent to an activating group) is 1. The van der Waals surface area contributed by atoms with E-state index in [2.05, 4.69) is 11.8 Å². The Balaban J connectivity index is 0.000000630. The fourth-order valence-corrected chi connectivity index (χ4v) is 13.2. The smallest absolute Gasteiger partial charge is 0.340 e. The Labute approximate surface area is 334 Å². The van der Waals surface area contributed by atoms with Gasteiger partial charge in [0.05, 0.1) is 63.2 Å². The molecule has 0 radical (unpaired) electrons. The van der Waals surface area contributed by atoms with Gasteiger partial charge >= 0.3 is 5.97 Å². The summed E-state index contributed by atoms with van der Waals surface area (Å²) < 4.78 is 64.1. The van der Waals surface area contributed by atoms with Gasteiger partial charge in [0.15, 0.2) is 0 Å². The molecule has 5 aliphatic carbocycles. The number of hydrogen-bond donors (Lipinski definition) is 4. The molecular weight excluding hydrogens is 772 g/mol. The Morgan fingerprint density at radius 1 is 1.02 bits per heavy atom. The van der Waals surface area contributed by atoms with Crippen LogP contribution in [0.1, 0.15) is 63.2 Å². The van der Waals surface area contributed by atoms with Crippen LogP contribution in [0, 0.1) is 50.7 Å². The second-order valence-electron chi connectivity index (χ2n) is 16.7. The first-order valence-electron chi connectivity index (χ1n) is 19.5. The highest BCUT2D eigenvalue weighted by Crippen LogP contribution is 2.80. The summed E-state index contributed by atoms with van der Waals surface area (Å²) in [4.78, 5) is 43.3. The Bertz CT molecular complexity index is 1680. The van der Waals surface area contributed by atoms with E-state index >= 15 is 0 Å². The first kappa shape index (κ1) is 44.2. The van der Waals surface area contributed by atoms with Crippen molar-refractivity contribution >= 4 is 23.5 Å². The van der Waals surface area contributed by atoms with Crippen LogP contribution in [0.5, 0.6) is 0 Å². The van der Waals surface area contributed by atoms with Crippen LogP contribution in [-0.4, -0.2) is 139 Å². The number of hydrogen-bond acceptors (Lipinski definition) is 16. The minimum absolute atomic E-state index is 0.0358. The molecule has 1 unspecified atom stereocenters. The van der Waals surface area contributed by atoms with Gasteiger partial charge in [-0.15, -0.1) is 0 Å². The van der Waals surface area contributed by atoms with E-state index in [1.807, 2.05) is 0 Å². The minimum Gasteiger partial charge on any atom is -0.461 e. The first-order chi connectivity index (χ1) is 26.9. The van der Waals surface area contributed by atoms with Crippen LogP contribution in [0.2, 0.25) is 0 Å². The average Bonchev–Trinajstić information content (AvgIpc) is 3.69. The topological polar surface area (TPSA) is 254 Å². The second kappa shape index (κ2) is 15.9. The molecule has 2 saturated heterocycles. The maximum Gasteiger partial charge on any atom is 0.340 e. The average molecular weight is 829 g/mol. The molecule has 320 valence electrons. The van der Waals surface area contributed by atoms with Crippen molar-refractivity contribution in [3.05, 3.63) is 29.8 Å². The number of esters is 1. The summed E-state index contributed by atoms with van der Waals surface area (Å²) in [5.74, 6) is -2.47. The van der Waals surface area contributed by atoms with Crippen molar-refractivity contribution < 1.29 is 82.3 Å². The maximum atomic E-state index is 14.1. The Morgan fingerprint density at radius 3 is 2.21 bits per heavy atom. The van der Waals surface area contributed by atoms with Gasteiger partial charge in [-0.25, -0.2) is 9.69 Å². The number of benzene rings is 1. The lowest BCUT2D eigenvalue weighted by Gasteiger charge is -2.70. The fraction of sp³-hybridized carbons (Fsp3) is 0.769. The molecule has 57 heavy (non-hydrogen) atoms. The molecule has 1 aromatic carbocycles. The monoisotopic (exact) mass is 828 g/mol. The molecule has 7 aliphatic rings. The van der Waals surface area contributed by atoms with Crippen molar-refractivity contribution in [2.45, 2.75) is 94.5 Å². The number of halogens is 1. The molecule has 17 nitrogen and oxygen atoms in total. The highest BCUT2D eigenvalue weighted by atomic mass is 35.7. The molecule has 2 amide bonds. The highest BCUT2D eigenvalue weighted by Gasteiger charge is 2.91. The number of amides is 2. The SMILES string of the molecule is CCN1C[C@@]2(COC(=O)c3ccccc3N3C(=O)C[C@H](C)C3=O)CC[C@H](OC)[C@]34C2[C@H](OC)[C@](O)([C@@H]13)[C@@]1(O)C[C@H](OC)[C@H]2C[C@@H]4[C@@H]1[C@H]2OC.CCO.[O-][Cl+3]([O-])([O-])O.